The SMILES string of the molecule is CC1CCCC(CN)(N2CCN(C)CC2C)CC1. The number of hydrogen-bond donors (Lipinski definition) is 1. The van der Waals surface area contributed by atoms with E-state index in [1.807, 2.05) is 0 Å². The zero-order valence-corrected chi connectivity index (χ0v) is 12.5. The van der Waals surface area contributed by atoms with Gasteiger partial charge in [0.2, 0.25) is 0 Å². The van der Waals surface area contributed by atoms with Crippen LogP contribution in [0.25, 0.3) is 0 Å². The highest BCUT2D eigenvalue weighted by Crippen LogP contribution is 2.36. The highest BCUT2D eigenvalue weighted by atomic mass is 15.3. The van der Waals surface area contributed by atoms with Gasteiger partial charge in [0.15, 0.2) is 0 Å². The van der Waals surface area contributed by atoms with Crippen LogP contribution >= 0.6 is 0 Å². The van der Waals surface area contributed by atoms with E-state index >= 15 is 0 Å². The van der Waals surface area contributed by atoms with Gasteiger partial charge < -0.3 is 10.6 Å². The van der Waals surface area contributed by atoms with E-state index in [0.717, 1.165) is 12.5 Å². The summed E-state index contributed by atoms with van der Waals surface area (Å²) in [5, 5.41) is 0. The fraction of sp³-hybridized carbons (Fsp3) is 1.00. The summed E-state index contributed by atoms with van der Waals surface area (Å²) in [7, 11) is 2.23. The fourth-order valence-corrected chi connectivity index (χ4v) is 4.02. The van der Waals surface area contributed by atoms with Gasteiger partial charge in [-0.2, -0.15) is 0 Å². The van der Waals surface area contributed by atoms with Gasteiger partial charge in [0.1, 0.15) is 0 Å². The van der Waals surface area contributed by atoms with Crippen molar-refractivity contribution >= 4 is 0 Å². The first-order valence-corrected chi connectivity index (χ1v) is 7.73. The minimum Gasteiger partial charge on any atom is -0.329 e. The second-order valence-corrected chi connectivity index (χ2v) is 6.77. The third-order valence-electron chi connectivity index (χ3n) is 5.26. The van der Waals surface area contributed by atoms with E-state index in [1.165, 1.54) is 51.7 Å². The van der Waals surface area contributed by atoms with Gasteiger partial charge in [0, 0.05) is 37.8 Å². The number of likely N-dealkylation sites (N-methyl/N-ethyl adjacent to an activating group) is 1. The molecule has 2 aliphatic rings. The summed E-state index contributed by atoms with van der Waals surface area (Å²) in [6.07, 6.45) is 6.72. The average Bonchev–Trinajstić information content (AvgIpc) is 2.52. The molecular weight excluding hydrogens is 222 g/mol. The van der Waals surface area contributed by atoms with Gasteiger partial charge in [-0.3, -0.25) is 4.90 Å². The lowest BCUT2D eigenvalue weighted by Crippen LogP contribution is -2.63. The molecule has 0 amide bonds. The van der Waals surface area contributed by atoms with Crippen LogP contribution in [-0.4, -0.2) is 54.6 Å². The van der Waals surface area contributed by atoms with Gasteiger partial charge in [-0.25, -0.2) is 0 Å². The van der Waals surface area contributed by atoms with Gasteiger partial charge in [-0.05, 0) is 39.2 Å². The maximum absolute atomic E-state index is 6.23. The second-order valence-electron chi connectivity index (χ2n) is 6.77. The Morgan fingerprint density at radius 2 is 1.94 bits per heavy atom. The monoisotopic (exact) mass is 253 g/mol. The summed E-state index contributed by atoms with van der Waals surface area (Å²) in [5.41, 5.74) is 6.52. The van der Waals surface area contributed by atoms with Crippen molar-refractivity contribution in [3.05, 3.63) is 0 Å². The van der Waals surface area contributed by atoms with Crippen molar-refractivity contribution in [2.45, 2.75) is 57.5 Å². The zero-order valence-electron chi connectivity index (χ0n) is 12.5. The highest BCUT2D eigenvalue weighted by molar-refractivity contribution is 4.98. The van der Waals surface area contributed by atoms with E-state index in [-0.39, 0.29) is 0 Å². The molecule has 1 heterocycles. The molecule has 1 saturated heterocycles. The minimum absolute atomic E-state index is 0.297. The molecule has 1 aliphatic carbocycles. The molecule has 1 aliphatic heterocycles. The van der Waals surface area contributed by atoms with Crippen molar-refractivity contribution in [3.8, 4) is 0 Å². The van der Waals surface area contributed by atoms with E-state index in [2.05, 4.69) is 30.7 Å². The Morgan fingerprint density at radius 1 is 1.17 bits per heavy atom. The van der Waals surface area contributed by atoms with Crippen LogP contribution in [0.4, 0.5) is 0 Å². The lowest BCUT2D eigenvalue weighted by atomic mass is 9.85. The van der Waals surface area contributed by atoms with Crippen molar-refractivity contribution in [2.75, 3.05) is 33.2 Å². The molecule has 2 rings (SSSR count). The maximum Gasteiger partial charge on any atom is 0.0335 e. The Hall–Kier alpha value is -0.120. The first kappa shape index (κ1) is 14.3. The minimum atomic E-state index is 0.297. The first-order valence-electron chi connectivity index (χ1n) is 7.73. The van der Waals surface area contributed by atoms with Crippen molar-refractivity contribution < 1.29 is 0 Å². The Bertz CT molecular complexity index is 268. The summed E-state index contributed by atoms with van der Waals surface area (Å²) in [4.78, 5) is 5.19. The van der Waals surface area contributed by atoms with Gasteiger partial charge in [-0.15, -0.1) is 0 Å². The Labute approximate surface area is 113 Å². The Balaban J connectivity index is 2.10. The summed E-state index contributed by atoms with van der Waals surface area (Å²) in [6, 6.07) is 0.653. The standard InChI is InChI=1S/C15H31N3/c1-13-5-4-7-15(12-16,8-6-13)18-10-9-17(3)11-14(18)2/h13-14H,4-12,16H2,1-3H3. The van der Waals surface area contributed by atoms with Crippen molar-refractivity contribution in [3.63, 3.8) is 0 Å². The highest BCUT2D eigenvalue weighted by Gasteiger charge is 2.40. The van der Waals surface area contributed by atoms with Crippen LogP contribution in [0.1, 0.15) is 46.0 Å². The summed E-state index contributed by atoms with van der Waals surface area (Å²) in [5.74, 6) is 0.890. The van der Waals surface area contributed by atoms with Gasteiger partial charge in [-0.1, -0.05) is 19.8 Å². The third kappa shape index (κ3) is 2.89. The topological polar surface area (TPSA) is 32.5 Å². The molecule has 0 bridgehead atoms. The van der Waals surface area contributed by atoms with Crippen LogP contribution in [0.15, 0.2) is 0 Å². The van der Waals surface area contributed by atoms with Crippen LogP contribution in [0.5, 0.6) is 0 Å². The number of piperazine rings is 1. The molecular formula is C15H31N3. The van der Waals surface area contributed by atoms with E-state index in [1.54, 1.807) is 0 Å². The molecule has 0 radical (unpaired) electrons. The summed E-state index contributed by atoms with van der Waals surface area (Å²) in [6.45, 7) is 9.21. The molecule has 0 aromatic rings. The molecule has 2 N–H and O–H groups in total. The van der Waals surface area contributed by atoms with Gasteiger partial charge in [0.25, 0.3) is 0 Å². The van der Waals surface area contributed by atoms with Crippen LogP contribution < -0.4 is 5.73 Å². The largest absolute Gasteiger partial charge is 0.329 e. The van der Waals surface area contributed by atoms with Crippen molar-refractivity contribution in [1.82, 2.24) is 9.80 Å². The van der Waals surface area contributed by atoms with Crippen LogP contribution in [0.2, 0.25) is 0 Å². The summed E-state index contributed by atoms with van der Waals surface area (Å²) < 4.78 is 0. The Morgan fingerprint density at radius 3 is 2.61 bits per heavy atom. The molecule has 0 aromatic carbocycles. The maximum atomic E-state index is 6.23. The molecule has 3 heteroatoms. The molecule has 2 fully saturated rings. The number of rotatable bonds is 2. The molecule has 3 nitrogen and oxygen atoms in total. The van der Waals surface area contributed by atoms with Gasteiger partial charge in [0.05, 0.1) is 0 Å². The van der Waals surface area contributed by atoms with E-state index in [4.69, 9.17) is 5.73 Å². The summed E-state index contributed by atoms with van der Waals surface area (Å²) >= 11 is 0. The molecule has 3 unspecified atom stereocenters. The first-order chi connectivity index (χ1) is 8.57. The smallest absolute Gasteiger partial charge is 0.0335 e. The quantitative estimate of drug-likeness (QED) is 0.763. The van der Waals surface area contributed by atoms with Crippen LogP contribution in [0, 0.1) is 5.92 Å². The van der Waals surface area contributed by atoms with Crippen LogP contribution in [-0.2, 0) is 0 Å². The molecule has 0 spiro atoms. The van der Waals surface area contributed by atoms with Crippen molar-refractivity contribution in [2.24, 2.45) is 11.7 Å². The third-order valence-corrected chi connectivity index (χ3v) is 5.26. The lowest BCUT2D eigenvalue weighted by molar-refractivity contribution is -0.00613. The number of nitrogens with zero attached hydrogens (tertiary/aromatic N) is 2. The average molecular weight is 253 g/mol. The molecule has 18 heavy (non-hydrogen) atoms. The Kier molecular flexibility index (Phi) is 4.68. The second kappa shape index (κ2) is 5.89. The van der Waals surface area contributed by atoms with Gasteiger partial charge >= 0.3 is 0 Å². The van der Waals surface area contributed by atoms with Crippen molar-refractivity contribution in [1.29, 1.82) is 0 Å². The molecule has 106 valence electrons. The molecule has 0 aromatic heterocycles. The van der Waals surface area contributed by atoms with E-state index in [9.17, 15) is 0 Å². The normalized spacial score (nSPS) is 40.7. The van der Waals surface area contributed by atoms with E-state index < -0.39 is 0 Å². The lowest BCUT2D eigenvalue weighted by Gasteiger charge is -2.50. The predicted octanol–water partition coefficient (Wildman–Crippen LogP) is 1.92. The molecule has 1 saturated carbocycles. The fourth-order valence-electron chi connectivity index (χ4n) is 4.02. The molecule has 3 atom stereocenters. The number of hydrogen-bond acceptors (Lipinski definition) is 3. The van der Waals surface area contributed by atoms with E-state index in [0.29, 0.717) is 11.6 Å². The predicted molar refractivity (Wildman–Crippen MR) is 77.7 cm³/mol. The van der Waals surface area contributed by atoms with Crippen LogP contribution in [0.3, 0.4) is 0 Å². The number of nitrogens with two attached hydrogens (primary N) is 1. The zero-order chi connectivity index (χ0) is 13.2.